The predicted molar refractivity (Wildman–Crippen MR) is 93.7 cm³/mol. The van der Waals surface area contributed by atoms with E-state index in [4.69, 9.17) is 4.74 Å². The van der Waals surface area contributed by atoms with Crippen LogP contribution >= 0.6 is 0 Å². The third-order valence-electron chi connectivity index (χ3n) is 3.70. The maximum absolute atomic E-state index is 11.8. The van der Waals surface area contributed by atoms with Gasteiger partial charge in [0.15, 0.2) is 0 Å². The Labute approximate surface area is 141 Å². The molecule has 2 amide bonds. The zero-order valence-electron chi connectivity index (χ0n) is 14.0. The van der Waals surface area contributed by atoms with Crippen molar-refractivity contribution < 1.29 is 14.3 Å². The van der Waals surface area contributed by atoms with Crippen LogP contribution in [0.2, 0.25) is 0 Å². The second kappa shape index (κ2) is 8.06. The molecule has 0 aliphatic heterocycles. The van der Waals surface area contributed by atoms with Gasteiger partial charge in [-0.05, 0) is 48.7 Å². The number of benzene rings is 2. The lowest BCUT2D eigenvalue weighted by Gasteiger charge is -2.12. The number of nitrogens with one attached hydrogen (secondary N) is 1. The summed E-state index contributed by atoms with van der Waals surface area (Å²) in [5.74, 6) is 1.08. The molecule has 0 aliphatic carbocycles. The topological polar surface area (TPSA) is 67.8 Å². The summed E-state index contributed by atoms with van der Waals surface area (Å²) in [6.07, 6.45) is 0.642. The molecule has 124 valence electrons. The van der Waals surface area contributed by atoms with Crippen molar-refractivity contribution in [1.29, 1.82) is 0 Å². The van der Waals surface area contributed by atoms with Crippen molar-refractivity contribution >= 4 is 18.0 Å². The van der Waals surface area contributed by atoms with E-state index < -0.39 is 0 Å². The number of carbonyl (C=O) groups is 2. The highest BCUT2D eigenvalue weighted by Gasteiger charge is 2.13. The van der Waals surface area contributed by atoms with E-state index in [1.54, 1.807) is 0 Å². The Balaban J connectivity index is 2.28. The van der Waals surface area contributed by atoms with Crippen LogP contribution in [0, 0.1) is 13.8 Å². The van der Waals surface area contributed by atoms with Crippen LogP contribution in [0.5, 0.6) is 11.5 Å². The molecule has 1 N–H and O–H groups in total. The van der Waals surface area contributed by atoms with Gasteiger partial charge >= 0.3 is 0 Å². The molecule has 0 spiro atoms. The first-order valence-corrected chi connectivity index (χ1v) is 7.60. The van der Waals surface area contributed by atoms with Gasteiger partial charge in [0.1, 0.15) is 17.2 Å². The van der Waals surface area contributed by atoms with Gasteiger partial charge in [0, 0.05) is 13.5 Å². The lowest BCUT2D eigenvalue weighted by molar-refractivity contribution is -0.115. The number of carbonyl (C=O) groups excluding carboxylic acids is 2. The summed E-state index contributed by atoms with van der Waals surface area (Å²) in [4.78, 5) is 26.1. The molecule has 5 heteroatoms. The molecule has 0 heterocycles. The quantitative estimate of drug-likeness (QED) is 0.656. The molecule has 0 radical (unpaired) electrons. The van der Waals surface area contributed by atoms with Crippen molar-refractivity contribution in [3.8, 4) is 11.5 Å². The smallest absolute Gasteiger partial charge is 0.265 e. The molecule has 0 unspecified atom stereocenters. The van der Waals surface area contributed by atoms with E-state index in [1.807, 2.05) is 56.3 Å². The molecule has 0 aromatic heterocycles. The van der Waals surface area contributed by atoms with E-state index in [0.717, 1.165) is 22.4 Å². The number of hydrogen-bond donors (Lipinski definition) is 1. The van der Waals surface area contributed by atoms with Crippen molar-refractivity contribution in [3.63, 3.8) is 0 Å². The van der Waals surface area contributed by atoms with Gasteiger partial charge in [-0.3, -0.25) is 9.59 Å². The number of nitrogens with zero attached hydrogens (tertiary/aromatic N) is 1. The summed E-state index contributed by atoms with van der Waals surface area (Å²) in [6.45, 7) is 3.92. The predicted octanol–water partition coefficient (Wildman–Crippen LogP) is 2.98. The molecule has 0 bridgehead atoms. The number of aryl methyl sites for hydroxylation is 2. The second-order valence-electron chi connectivity index (χ2n) is 5.39. The second-order valence-corrected chi connectivity index (χ2v) is 5.39. The Morgan fingerprint density at radius 2 is 1.92 bits per heavy atom. The number of rotatable bonds is 6. The van der Waals surface area contributed by atoms with Crippen molar-refractivity contribution in [2.75, 3.05) is 7.05 Å². The van der Waals surface area contributed by atoms with Crippen molar-refractivity contribution in [2.24, 2.45) is 4.99 Å². The molecule has 2 aromatic carbocycles. The van der Waals surface area contributed by atoms with Crippen molar-refractivity contribution in [1.82, 2.24) is 5.32 Å². The zero-order valence-corrected chi connectivity index (χ0v) is 14.0. The maximum atomic E-state index is 11.8. The van der Waals surface area contributed by atoms with Crippen LogP contribution in [-0.2, 0) is 16.0 Å². The summed E-state index contributed by atoms with van der Waals surface area (Å²) in [5.41, 5.74) is 3.08. The summed E-state index contributed by atoms with van der Waals surface area (Å²) < 4.78 is 5.92. The van der Waals surface area contributed by atoms with E-state index in [9.17, 15) is 9.59 Å². The molecule has 0 atom stereocenters. The minimum atomic E-state index is -0.369. The highest BCUT2D eigenvalue weighted by atomic mass is 16.5. The molecule has 2 aromatic rings. The number of ether oxygens (including phenoxy) is 1. The average Bonchev–Trinajstić information content (AvgIpc) is 2.58. The monoisotopic (exact) mass is 324 g/mol. The highest BCUT2D eigenvalue weighted by Crippen LogP contribution is 2.26. The molecule has 0 fully saturated rings. The minimum absolute atomic E-state index is 0.170. The zero-order chi connectivity index (χ0) is 17.5. The Morgan fingerprint density at radius 1 is 1.17 bits per heavy atom. The first kappa shape index (κ1) is 17.4. The van der Waals surface area contributed by atoms with Gasteiger partial charge in [0.05, 0.1) is 0 Å². The van der Waals surface area contributed by atoms with Crippen LogP contribution in [0.3, 0.4) is 0 Å². The average molecular weight is 324 g/mol. The van der Waals surface area contributed by atoms with E-state index in [2.05, 4.69) is 10.3 Å². The molecule has 0 aliphatic rings. The summed E-state index contributed by atoms with van der Waals surface area (Å²) in [7, 11) is 1.51. The highest BCUT2D eigenvalue weighted by molar-refractivity contribution is 6.40. The molecule has 0 saturated carbocycles. The first-order valence-electron chi connectivity index (χ1n) is 7.60. The summed E-state index contributed by atoms with van der Waals surface area (Å²) in [5, 5.41) is 2.49. The van der Waals surface area contributed by atoms with Crippen molar-refractivity contribution in [2.45, 2.75) is 20.3 Å². The number of amides is 2. The van der Waals surface area contributed by atoms with Crippen LogP contribution in [0.4, 0.5) is 0 Å². The standard InChI is InChI=1S/C19H20N2O3/c1-13-8-9-16(24-18-7-5-4-6-14(18)2)10-15(13)11-17(21-12-22)19(23)20-3/h4-10,12H,11H2,1-3H3,(H,20,23). The molecular weight excluding hydrogens is 304 g/mol. The third-order valence-corrected chi connectivity index (χ3v) is 3.70. The van der Waals surface area contributed by atoms with E-state index in [1.165, 1.54) is 7.05 Å². The largest absolute Gasteiger partial charge is 0.457 e. The number of para-hydroxylation sites is 1. The fourth-order valence-corrected chi connectivity index (χ4v) is 2.27. The van der Waals surface area contributed by atoms with E-state index in [0.29, 0.717) is 12.2 Å². The van der Waals surface area contributed by atoms with Crippen LogP contribution in [0.15, 0.2) is 47.5 Å². The fourth-order valence-electron chi connectivity index (χ4n) is 2.27. The van der Waals surface area contributed by atoms with E-state index in [-0.39, 0.29) is 18.0 Å². The van der Waals surface area contributed by atoms with Gasteiger partial charge in [-0.1, -0.05) is 24.3 Å². The SMILES string of the molecule is CNC(=O)C(Cc1cc(Oc2ccccc2C)ccc1C)=NC=O. The third kappa shape index (κ3) is 4.29. The number of aliphatic imine (C=N–C) groups is 1. The van der Waals surface area contributed by atoms with Crippen LogP contribution in [0.25, 0.3) is 0 Å². The molecule has 0 saturated heterocycles. The molecular formula is C19H20N2O3. The Hall–Kier alpha value is -2.95. The molecule has 2 rings (SSSR count). The van der Waals surface area contributed by atoms with Crippen molar-refractivity contribution in [3.05, 3.63) is 59.2 Å². The number of hydrogen-bond acceptors (Lipinski definition) is 3. The van der Waals surface area contributed by atoms with Crippen LogP contribution in [0.1, 0.15) is 16.7 Å². The summed E-state index contributed by atoms with van der Waals surface area (Å²) in [6, 6.07) is 13.4. The normalized spacial score (nSPS) is 11.0. The van der Waals surface area contributed by atoms with E-state index >= 15 is 0 Å². The van der Waals surface area contributed by atoms with Gasteiger partial charge in [0.25, 0.3) is 5.91 Å². The van der Waals surface area contributed by atoms with Gasteiger partial charge < -0.3 is 10.1 Å². The Bertz CT molecular complexity index is 782. The molecule has 24 heavy (non-hydrogen) atoms. The lowest BCUT2D eigenvalue weighted by atomic mass is 10.0. The lowest BCUT2D eigenvalue weighted by Crippen LogP contribution is -2.29. The molecule has 5 nitrogen and oxygen atoms in total. The first-order chi connectivity index (χ1) is 11.5. The Kier molecular flexibility index (Phi) is 5.84. The van der Waals surface area contributed by atoms with Gasteiger partial charge in [-0.25, -0.2) is 4.99 Å². The van der Waals surface area contributed by atoms with Crippen LogP contribution < -0.4 is 10.1 Å². The van der Waals surface area contributed by atoms with Crippen LogP contribution in [-0.4, -0.2) is 25.1 Å². The van der Waals surface area contributed by atoms with Gasteiger partial charge in [-0.15, -0.1) is 0 Å². The minimum Gasteiger partial charge on any atom is -0.457 e. The maximum Gasteiger partial charge on any atom is 0.265 e. The van der Waals surface area contributed by atoms with Gasteiger partial charge in [-0.2, -0.15) is 0 Å². The fraction of sp³-hybridized carbons (Fsp3) is 0.211. The summed E-state index contributed by atoms with van der Waals surface area (Å²) >= 11 is 0. The Morgan fingerprint density at radius 3 is 2.58 bits per heavy atom. The van der Waals surface area contributed by atoms with Gasteiger partial charge in [0.2, 0.25) is 6.41 Å².